The van der Waals surface area contributed by atoms with E-state index in [1.54, 1.807) is 45.4 Å². The van der Waals surface area contributed by atoms with Gasteiger partial charge in [-0.1, -0.05) is 0 Å². The van der Waals surface area contributed by atoms with Crippen molar-refractivity contribution >= 4 is 17.7 Å². The second-order valence-electron chi connectivity index (χ2n) is 4.14. The summed E-state index contributed by atoms with van der Waals surface area (Å²) in [5.41, 5.74) is 0.644. The number of carboxylic acid groups (broad SMARTS) is 1. The van der Waals surface area contributed by atoms with Gasteiger partial charge in [-0.15, -0.1) is 0 Å². The number of pyridine rings is 1. The molecule has 2 unspecified atom stereocenters. The Morgan fingerprint density at radius 2 is 2.11 bits per heavy atom. The van der Waals surface area contributed by atoms with E-state index in [9.17, 15) is 9.59 Å². The first-order valence-electron chi connectivity index (χ1n) is 5.60. The van der Waals surface area contributed by atoms with Gasteiger partial charge in [0, 0.05) is 19.3 Å². The van der Waals surface area contributed by atoms with E-state index >= 15 is 0 Å². The van der Waals surface area contributed by atoms with Gasteiger partial charge in [0.15, 0.2) is 0 Å². The smallest absolute Gasteiger partial charge is 0.321 e. The zero-order valence-electron chi connectivity index (χ0n) is 10.6. The van der Waals surface area contributed by atoms with Crippen molar-refractivity contribution in [2.45, 2.75) is 19.9 Å². The average molecular weight is 251 g/mol. The first kappa shape index (κ1) is 14.0. The fourth-order valence-electron chi connectivity index (χ4n) is 1.30. The Hall–Kier alpha value is -2.11. The van der Waals surface area contributed by atoms with E-state index in [-0.39, 0.29) is 6.03 Å². The van der Waals surface area contributed by atoms with Crippen LogP contribution in [-0.2, 0) is 4.79 Å². The second kappa shape index (κ2) is 6.00. The van der Waals surface area contributed by atoms with Crippen LogP contribution in [0.5, 0.6) is 0 Å². The van der Waals surface area contributed by atoms with E-state index < -0.39 is 17.9 Å². The summed E-state index contributed by atoms with van der Waals surface area (Å²) >= 11 is 0. The molecule has 1 rings (SSSR count). The molecule has 6 nitrogen and oxygen atoms in total. The third-order valence-corrected chi connectivity index (χ3v) is 2.83. The van der Waals surface area contributed by atoms with Gasteiger partial charge in [0.25, 0.3) is 0 Å². The van der Waals surface area contributed by atoms with Crippen LogP contribution < -0.4 is 10.2 Å². The third-order valence-electron chi connectivity index (χ3n) is 2.83. The topological polar surface area (TPSA) is 82.5 Å². The number of urea groups is 1. The fourth-order valence-corrected chi connectivity index (χ4v) is 1.30. The summed E-state index contributed by atoms with van der Waals surface area (Å²) in [7, 11) is 1.60. The van der Waals surface area contributed by atoms with E-state index in [0.29, 0.717) is 5.69 Å². The van der Waals surface area contributed by atoms with Crippen LogP contribution in [-0.4, -0.2) is 35.2 Å². The van der Waals surface area contributed by atoms with Crippen LogP contribution in [0.3, 0.4) is 0 Å². The highest BCUT2D eigenvalue weighted by Gasteiger charge is 2.22. The lowest BCUT2D eigenvalue weighted by Crippen LogP contribution is -2.46. The summed E-state index contributed by atoms with van der Waals surface area (Å²) < 4.78 is 0. The molecule has 0 radical (unpaired) electrons. The molecule has 0 saturated carbocycles. The van der Waals surface area contributed by atoms with Crippen LogP contribution in [0, 0.1) is 5.92 Å². The molecular formula is C12H17N3O3. The van der Waals surface area contributed by atoms with Crippen LogP contribution in [0.4, 0.5) is 10.5 Å². The summed E-state index contributed by atoms with van der Waals surface area (Å²) in [4.78, 5) is 28.0. The van der Waals surface area contributed by atoms with Gasteiger partial charge in [0.05, 0.1) is 17.8 Å². The van der Waals surface area contributed by atoms with Gasteiger partial charge in [-0.2, -0.15) is 0 Å². The molecule has 0 aliphatic rings. The lowest BCUT2D eigenvalue weighted by Gasteiger charge is -2.23. The molecule has 2 atom stereocenters. The largest absolute Gasteiger partial charge is 0.481 e. The highest BCUT2D eigenvalue weighted by molar-refractivity contribution is 5.91. The molecule has 1 heterocycles. The fraction of sp³-hybridized carbons (Fsp3) is 0.417. The zero-order valence-corrected chi connectivity index (χ0v) is 10.6. The van der Waals surface area contributed by atoms with Gasteiger partial charge in [-0.05, 0) is 26.0 Å². The van der Waals surface area contributed by atoms with E-state index in [1.807, 2.05) is 0 Å². The van der Waals surface area contributed by atoms with Crippen molar-refractivity contribution in [3.8, 4) is 0 Å². The van der Waals surface area contributed by atoms with Crippen LogP contribution in [0.15, 0.2) is 24.5 Å². The van der Waals surface area contributed by atoms with E-state index in [4.69, 9.17) is 5.11 Å². The number of nitrogens with zero attached hydrogens (tertiary/aromatic N) is 2. The first-order valence-corrected chi connectivity index (χ1v) is 5.60. The Morgan fingerprint density at radius 1 is 1.44 bits per heavy atom. The van der Waals surface area contributed by atoms with Crippen LogP contribution in [0.1, 0.15) is 13.8 Å². The Labute approximate surface area is 106 Å². The van der Waals surface area contributed by atoms with Gasteiger partial charge in [0.1, 0.15) is 0 Å². The standard InChI is InChI=1S/C12H17N3O3/c1-8(11(16)17)9(2)14-12(18)15(3)10-5-4-6-13-7-10/h4-9H,1-3H3,(H,14,18)(H,16,17). The van der Waals surface area contributed by atoms with E-state index in [1.165, 1.54) is 4.90 Å². The van der Waals surface area contributed by atoms with Crippen molar-refractivity contribution in [3.05, 3.63) is 24.5 Å². The number of carbonyl (C=O) groups excluding carboxylic acids is 1. The normalized spacial score (nSPS) is 13.5. The number of carboxylic acids is 1. The van der Waals surface area contributed by atoms with E-state index in [2.05, 4.69) is 10.3 Å². The van der Waals surface area contributed by atoms with Gasteiger partial charge >= 0.3 is 12.0 Å². The number of amides is 2. The lowest BCUT2D eigenvalue weighted by atomic mass is 10.0. The van der Waals surface area contributed by atoms with Crippen molar-refractivity contribution in [1.29, 1.82) is 0 Å². The first-order chi connectivity index (χ1) is 8.43. The highest BCUT2D eigenvalue weighted by atomic mass is 16.4. The van der Waals surface area contributed by atoms with Crippen molar-refractivity contribution in [3.63, 3.8) is 0 Å². The Kier molecular flexibility index (Phi) is 4.65. The molecule has 1 aromatic heterocycles. The lowest BCUT2D eigenvalue weighted by molar-refractivity contribution is -0.141. The van der Waals surface area contributed by atoms with Gasteiger partial charge in [-0.25, -0.2) is 4.79 Å². The van der Waals surface area contributed by atoms with Gasteiger partial charge in [0.2, 0.25) is 0 Å². The molecule has 1 aromatic rings. The minimum Gasteiger partial charge on any atom is -0.481 e. The maximum Gasteiger partial charge on any atom is 0.321 e. The average Bonchev–Trinajstić information content (AvgIpc) is 2.37. The SMILES string of the molecule is CC(NC(=O)N(C)c1cccnc1)C(C)C(=O)O. The maximum atomic E-state index is 11.9. The van der Waals surface area contributed by atoms with E-state index in [0.717, 1.165) is 0 Å². The monoisotopic (exact) mass is 251 g/mol. The number of aliphatic carboxylic acids is 1. The molecule has 98 valence electrons. The number of nitrogens with one attached hydrogen (secondary N) is 1. The molecule has 0 aromatic carbocycles. The molecule has 0 saturated heterocycles. The van der Waals surface area contributed by atoms with Crippen molar-refractivity contribution in [2.24, 2.45) is 5.92 Å². The highest BCUT2D eigenvalue weighted by Crippen LogP contribution is 2.10. The van der Waals surface area contributed by atoms with Gasteiger partial charge < -0.3 is 10.4 Å². The molecule has 2 N–H and O–H groups in total. The third kappa shape index (κ3) is 3.44. The van der Waals surface area contributed by atoms with Crippen LogP contribution >= 0.6 is 0 Å². The predicted molar refractivity (Wildman–Crippen MR) is 67.4 cm³/mol. The number of carbonyl (C=O) groups is 2. The molecule has 2 amide bonds. The van der Waals surface area contributed by atoms with Crippen molar-refractivity contribution in [1.82, 2.24) is 10.3 Å². The summed E-state index contributed by atoms with van der Waals surface area (Å²) in [6.07, 6.45) is 3.18. The minimum absolute atomic E-state index is 0.358. The molecule has 0 fully saturated rings. The van der Waals surface area contributed by atoms with Crippen molar-refractivity contribution < 1.29 is 14.7 Å². The quantitative estimate of drug-likeness (QED) is 0.845. The Balaban J connectivity index is 2.63. The Bertz CT molecular complexity index is 422. The minimum atomic E-state index is -0.938. The summed E-state index contributed by atoms with van der Waals surface area (Å²) in [6, 6.07) is 2.66. The Morgan fingerprint density at radius 3 is 2.61 bits per heavy atom. The molecule has 6 heteroatoms. The summed E-state index contributed by atoms with van der Waals surface area (Å²) in [5, 5.41) is 11.5. The van der Waals surface area contributed by atoms with Crippen molar-refractivity contribution in [2.75, 3.05) is 11.9 Å². The molecule has 0 bridgehead atoms. The molecular weight excluding hydrogens is 234 g/mol. The number of rotatable bonds is 4. The zero-order chi connectivity index (χ0) is 13.7. The molecule has 0 aliphatic heterocycles. The predicted octanol–water partition coefficient (Wildman–Crippen LogP) is 1.34. The number of anilines is 1. The molecule has 0 spiro atoms. The second-order valence-corrected chi connectivity index (χ2v) is 4.14. The van der Waals surface area contributed by atoms with Crippen LogP contribution in [0.2, 0.25) is 0 Å². The van der Waals surface area contributed by atoms with Gasteiger partial charge in [-0.3, -0.25) is 14.7 Å². The summed E-state index contributed by atoms with van der Waals surface area (Å²) in [6.45, 7) is 3.21. The number of hydrogen-bond donors (Lipinski definition) is 2. The molecule has 18 heavy (non-hydrogen) atoms. The maximum absolute atomic E-state index is 11.9. The summed E-state index contributed by atoms with van der Waals surface area (Å²) in [5.74, 6) is -1.58. The molecule has 0 aliphatic carbocycles. The number of aromatic nitrogens is 1. The number of hydrogen-bond acceptors (Lipinski definition) is 3. The van der Waals surface area contributed by atoms with Crippen LogP contribution in [0.25, 0.3) is 0 Å².